The summed E-state index contributed by atoms with van der Waals surface area (Å²) in [6.45, 7) is -2.53. The zero-order valence-corrected chi connectivity index (χ0v) is 16.2. The summed E-state index contributed by atoms with van der Waals surface area (Å²) < 4.78 is 258. The van der Waals surface area contributed by atoms with E-state index in [9.17, 15) is 87.6 Å². The third kappa shape index (κ3) is 4.96. The van der Waals surface area contributed by atoms with Gasteiger partial charge < -0.3 is 4.55 Å². The van der Waals surface area contributed by atoms with Crippen LogP contribution in [0.3, 0.4) is 0 Å². The van der Waals surface area contributed by atoms with Crippen molar-refractivity contribution in [3.8, 4) is 0 Å². The van der Waals surface area contributed by atoms with Gasteiger partial charge in [0, 0.05) is 13.8 Å². The van der Waals surface area contributed by atoms with Crippen LogP contribution in [0.1, 0.15) is 13.8 Å². The number of ether oxygens (including phenoxy) is 2. The van der Waals surface area contributed by atoms with Crippen LogP contribution in [0.15, 0.2) is 0 Å². The molecule has 23 heteroatoms. The van der Waals surface area contributed by atoms with Crippen molar-refractivity contribution in [3.63, 3.8) is 0 Å². The third-order valence-corrected chi connectivity index (χ3v) is 4.31. The second-order valence-corrected chi connectivity index (χ2v) is 7.67. The summed E-state index contributed by atoms with van der Waals surface area (Å²) in [4.78, 5) is 0. The Hall–Kier alpha value is -1.36. The first-order valence-corrected chi connectivity index (χ1v) is 8.64. The maximum atomic E-state index is 14.1. The zero-order valence-electron chi connectivity index (χ0n) is 15.4. The molecule has 0 saturated carbocycles. The van der Waals surface area contributed by atoms with Crippen molar-refractivity contribution >= 4 is 10.1 Å². The highest BCUT2D eigenvalue weighted by Crippen LogP contribution is 2.58. The van der Waals surface area contributed by atoms with E-state index >= 15 is 0 Å². The third-order valence-electron chi connectivity index (χ3n) is 3.45. The lowest BCUT2D eigenvalue weighted by atomic mass is 9.98. The molecule has 2 atom stereocenters. The first-order valence-electron chi connectivity index (χ1n) is 7.23. The smallest absolute Gasteiger partial charge is 0.458 e. The second-order valence-electron chi connectivity index (χ2n) is 6.25. The molecule has 0 aliphatic rings. The predicted octanol–water partition coefficient (Wildman–Crippen LogP) is 5.18. The van der Waals surface area contributed by atoms with Crippen LogP contribution in [0.25, 0.3) is 0 Å². The summed E-state index contributed by atoms with van der Waals surface area (Å²) in [5.74, 6) is -35.7. The van der Waals surface area contributed by atoms with Crippen molar-refractivity contribution in [3.05, 3.63) is 0 Å². The van der Waals surface area contributed by atoms with Crippen molar-refractivity contribution < 1.29 is 97.1 Å². The topological polar surface area (TPSA) is 75.7 Å². The van der Waals surface area contributed by atoms with Gasteiger partial charge in [-0.2, -0.15) is 65.9 Å². The molecule has 5 nitrogen and oxygen atoms in total. The second kappa shape index (κ2) is 8.08. The quantitative estimate of drug-likeness (QED) is 0.266. The summed E-state index contributed by atoms with van der Waals surface area (Å²) in [6.07, 6.45) is -24.0. The standard InChI is InChI=1S/C11H7F17O5S/c1-3(12,13)5(16,17)6(18,4(2,14)15)32-9(23,24)7(19,8(20,21)22)33-10(25,26)11(27,28)34(29,30)31/h1-2H3,(H,29,30,31)/p-1. The van der Waals surface area contributed by atoms with Crippen molar-refractivity contribution in [2.24, 2.45) is 0 Å². The van der Waals surface area contributed by atoms with Gasteiger partial charge in [-0.15, -0.1) is 0 Å². The molecule has 206 valence electrons. The summed E-state index contributed by atoms with van der Waals surface area (Å²) in [6, 6.07) is 0. The van der Waals surface area contributed by atoms with Gasteiger partial charge >= 0.3 is 53.1 Å². The van der Waals surface area contributed by atoms with Crippen LogP contribution in [0.4, 0.5) is 74.6 Å². The Bertz CT molecular complexity index is 857. The molecular weight excluding hydrogens is 567 g/mol. The number of rotatable bonds is 10. The highest BCUT2D eigenvalue weighted by atomic mass is 32.2. The van der Waals surface area contributed by atoms with Gasteiger partial charge in [-0.1, -0.05) is 0 Å². The van der Waals surface area contributed by atoms with Crippen LogP contribution in [0.5, 0.6) is 0 Å². The molecule has 0 amide bonds. The molecule has 2 unspecified atom stereocenters. The Morgan fingerprint density at radius 3 is 1.12 bits per heavy atom. The van der Waals surface area contributed by atoms with Crippen LogP contribution < -0.4 is 0 Å². The summed E-state index contributed by atoms with van der Waals surface area (Å²) in [5, 5.41) is -7.57. The van der Waals surface area contributed by atoms with E-state index in [1.165, 1.54) is 4.74 Å². The molecule has 0 heterocycles. The van der Waals surface area contributed by atoms with E-state index < -0.39 is 77.1 Å². The molecule has 0 aromatic heterocycles. The highest BCUT2D eigenvalue weighted by Gasteiger charge is 2.86. The lowest BCUT2D eigenvalue weighted by Gasteiger charge is -2.44. The molecule has 0 bridgehead atoms. The Labute approximate surface area is 175 Å². The summed E-state index contributed by atoms with van der Waals surface area (Å²) >= 11 is 0. The minimum absolute atomic E-state index is 1.20. The average Bonchev–Trinajstić information content (AvgIpc) is 2.48. The minimum atomic E-state index is -8.18. The Kier molecular flexibility index (Phi) is 7.75. The SMILES string of the molecule is CC(F)(F)C(F)(F)C(F)(OC(F)(F)C(F)(OC(F)(F)C(F)(F)S(=O)(=O)[O-])C(F)(F)F)C(C)(F)F. The van der Waals surface area contributed by atoms with E-state index in [-0.39, 0.29) is 0 Å². The Morgan fingerprint density at radius 1 is 0.559 bits per heavy atom. The first kappa shape index (κ1) is 32.6. The van der Waals surface area contributed by atoms with Crippen LogP contribution in [-0.4, -0.2) is 66.1 Å². The van der Waals surface area contributed by atoms with Gasteiger partial charge in [0.25, 0.3) is 0 Å². The molecule has 0 aromatic rings. The Morgan fingerprint density at radius 2 is 0.882 bits per heavy atom. The van der Waals surface area contributed by atoms with Crippen molar-refractivity contribution in [2.75, 3.05) is 0 Å². The number of hydrogen-bond acceptors (Lipinski definition) is 5. The molecule has 0 spiro atoms. The normalized spacial score (nSPS) is 19.5. The fourth-order valence-electron chi connectivity index (χ4n) is 1.62. The van der Waals surface area contributed by atoms with Gasteiger partial charge in [-0.3, -0.25) is 9.47 Å². The van der Waals surface area contributed by atoms with Crippen molar-refractivity contribution in [2.45, 2.75) is 67.0 Å². The fourth-order valence-corrected chi connectivity index (χ4v) is 1.95. The van der Waals surface area contributed by atoms with Gasteiger partial charge in [-0.25, -0.2) is 17.2 Å². The van der Waals surface area contributed by atoms with E-state index in [4.69, 9.17) is 0 Å². The molecule has 0 aliphatic carbocycles. The molecule has 0 aromatic carbocycles. The summed E-state index contributed by atoms with van der Waals surface area (Å²) in [7, 11) is -7.92. The van der Waals surface area contributed by atoms with Crippen molar-refractivity contribution in [1.82, 2.24) is 0 Å². The van der Waals surface area contributed by atoms with Crippen LogP contribution >= 0.6 is 0 Å². The van der Waals surface area contributed by atoms with E-state index in [0.717, 1.165) is 0 Å². The van der Waals surface area contributed by atoms with Crippen molar-refractivity contribution in [1.29, 1.82) is 0 Å². The van der Waals surface area contributed by atoms with Gasteiger partial charge in [-0.05, 0) is 0 Å². The van der Waals surface area contributed by atoms with E-state index in [2.05, 4.69) is 0 Å². The maximum Gasteiger partial charge on any atom is 0.458 e. The number of hydrogen-bond donors (Lipinski definition) is 0. The van der Waals surface area contributed by atoms with Crippen LogP contribution in [0.2, 0.25) is 0 Å². The van der Waals surface area contributed by atoms with Gasteiger partial charge in [0.2, 0.25) is 0 Å². The Balaban J connectivity index is 7.07. The van der Waals surface area contributed by atoms with Gasteiger partial charge in [0.05, 0.1) is 0 Å². The van der Waals surface area contributed by atoms with E-state index in [1.807, 2.05) is 0 Å². The lowest BCUT2D eigenvalue weighted by molar-refractivity contribution is -0.548. The van der Waals surface area contributed by atoms with E-state index in [0.29, 0.717) is 0 Å². The number of halogens is 17. The molecule has 0 N–H and O–H groups in total. The summed E-state index contributed by atoms with van der Waals surface area (Å²) in [5.41, 5.74) is 0. The minimum Gasteiger partial charge on any atom is -0.743 e. The first-order chi connectivity index (χ1) is 14.2. The molecule has 0 aliphatic heterocycles. The fraction of sp³-hybridized carbons (Fsp3) is 1.00. The van der Waals surface area contributed by atoms with Gasteiger partial charge in [0.15, 0.2) is 10.1 Å². The average molecular weight is 573 g/mol. The predicted molar refractivity (Wildman–Crippen MR) is 66.6 cm³/mol. The zero-order chi connectivity index (χ0) is 28.4. The highest BCUT2D eigenvalue weighted by molar-refractivity contribution is 7.86. The molecule has 0 saturated heterocycles. The molecule has 0 radical (unpaired) electrons. The largest absolute Gasteiger partial charge is 0.743 e. The lowest BCUT2D eigenvalue weighted by Crippen LogP contribution is -2.71. The maximum absolute atomic E-state index is 14.1. The molecule has 0 rings (SSSR count). The van der Waals surface area contributed by atoms with Gasteiger partial charge in [0.1, 0.15) is 0 Å². The molecular formula is C11H6F17O5S-. The molecule has 34 heavy (non-hydrogen) atoms. The van der Waals surface area contributed by atoms with E-state index in [1.54, 1.807) is 4.74 Å². The van der Waals surface area contributed by atoms with Crippen LogP contribution in [-0.2, 0) is 19.6 Å². The van der Waals surface area contributed by atoms with Crippen LogP contribution in [0, 0.1) is 0 Å². The monoisotopic (exact) mass is 573 g/mol. The molecule has 0 fully saturated rings. The number of alkyl halides is 17.